The Morgan fingerprint density at radius 3 is 2.95 bits per heavy atom. The van der Waals surface area contributed by atoms with Gasteiger partial charge in [0.15, 0.2) is 5.54 Å². The summed E-state index contributed by atoms with van der Waals surface area (Å²) in [6.07, 6.45) is 2.29. The average Bonchev–Trinajstić information content (AvgIpc) is 3.12. The van der Waals surface area contributed by atoms with Crippen LogP contribution in [0.2, 0.25) is 0 Å². The summed E-state index contributed by atoms with van der Waals surface area (Å²) in [4.78, 5) is 26.6. The van der Waals surface area contributed by atoms with Crippen molar-refractivity contribution in [1.82, 2.24) is 10.2 Å². The molecule has 0 aliphatic carbocycles. The maximum atomic E-state index is 13.0. The number of para-hydroxylation sites is 1. The van der Waals surface area contributed by atoms with Crippen molar-refractivity contribution >= 4 is 11.9 Å². The monoisotopic (exact) mass is 302 g/mol. The summed E-state index contributed by atoms with van der Waals surface area (Å²) in [5.74, 6) is 0.477. The lowest BCUT2D eigenvalue weighted by molar-refractivity contribution is -0.133. The van der Waals surface area contributed by atoms with Crippen LogP contribution in [-0.2, 0) is 15.1 Å². The number of imide groups is 1. The van der Waals surface area contributed by atoms with Crippen molar-refractivity contribution < 1.29 is 19.1 Å². The summed E-state index contributed by atoms with van der Waals surface area (Å²) in [6, 6.07) is 7.07. The molecule has 2 atom stereocenters. The van der Waals surface area contributed by atoms with Gasteiger partial charge in [-0.2, -0.15) is 0 Å². The highest BCUT2D eigenvalue weighted by atomic mass is 16.5. The number of benzene rings is 1. The molecule has 1 spiro atoms. The fraction of sp³-hybridized carbons (Fsp3) is 0.500. The molecule has 2 fully saturated rings. The predicted octanol–water partition coefficient (Wildman–Crippen LogP) is 1.40. The smallest absolute Gasteiger partial charge is 0.325 e. The molecule has 116 valence electrons. The number of ether oxygens (including phenoxy) is 2. The number of hydrogen-bond acceptors (Lipinski definition) is 4. The zero-order valence-electron chi connectivity index (χ0n) is 12.2. The van der Waals surface area contributed by atoms with Crippen LogP contribution in [0.25, 0.3) is 0 Å². The first-order valence-corrected chi connectivity index (χ1v) is 7.69. The van der Waals surface area contributed by atoms with Gasteiger partial charge in [-0.1, -0.05) is 18.2 Å². The second-order valence-electron chi connectivity index (χ2n) is 5.98. The second-order valence-corrected chi connectivity index (χ2v) is 5.98. The van der Waals surface area contributed by atoms with Gasteiger partial charge in [-0.15, -0.1) is 0 Å². The third kappa shape index (κ3) is 1.90. The van der Waals surface area contributed by atoms with Crippen LogP contribution in [0.1, 0.15) is 24.8 Å². The maximum Gasteiger partial charge on any atom is 0.325 e. The Morgan fingerprint density at radius 2 is 2.14 bits per heavy atom. The lowest BCUT2D eigenvalue weighted by Gasteiger charge is -2.33. The number of hydrogen-bond donors (Lipinski definition) is 1. The van der Waals surface area contributed by atoms with Gasteiger partial charge >= 0.3 is 6.03 Å². The van der Waals surface area contributed by atoms with Gasteiger partial charge < -0.3 is 14.8 Å². The molecule has 2 saturated heterocycles. The number of nitrogens with zero attached hydrogens (tertiary/aromatic N) is 1. The zero-order valence-corrected chi connectivity index (χ0v) is 12.2. The first-order valence-electron chi connectivity index (χ1n) is 7.69. The maximum absolute atomic E-state index is 13.0. The van der Waals surface area contributed by atoms with Crippen molar-refractivity contribution in [3.05, 3.63) is 29.8 Å². The molecule has 0 unspecified atom stereocenters. The van der Waals surface area contributed by atoms with Gasteiger partial charge in [0.05, 0.1) is 19.3 Å². The van der Waals surface area contributed by atoms with Crippen LogP contribution in [0.4, 0.5) is 4.79 Å². The molecule has 1 aromatic rings. The van der Waals surface area contributed by atoms with Gasteiger partial charge in [-0.3, -0.25) is 9.69 Å². The molecule has 22 heavy (non-hydrogen) atoms. The highest BCUT2D eigenvalue weighted by Crippen LogP contribution is 2.41. The Morgan fingerprint density at radius 1 is 1.27 bits per heavy atom. The van der Waals surface area contributed by atoms with Gasteiger partial charge in [-0.05, 0) is 18.9 Å². The summed E-state index contributed by atoms with van der Waals surface area (Å²) in [6.45, 7) is 1.45. The SMILES string of the molecule is O=C1N[C@]2(CCOc3ccccc32)C(=O)N1C[C@H]1CCCO1. The molecule has 3 aliphatic heterocycles. The van der Waals surface area contributed by atoms with Crippen molar-refractivity contribution in [3.8, 4) is 5.75 Å². The van der Waals surface area contributed by atoms with Crippen LogP contribution < -0.4 is 10.1 Å². The average molecular weight is 302 g/mol. The van der Waals surface area contributed by atoms with Crippen molar-refractivity contribution in [3.63, 3.8) is 0 Å². The molecule has 3 amide bonds. The van der Waals surface area contributed by atoms with Crippen molar-refractivity contribution in [1.29, 1.82) is 0 Å². The number of nitrogens with one attached hydrogen (secondary N) is 1. The highest BCUT2D eigenvalue weighted by Gasteiger charge is 2.55. The normalized spacial score (nSPS) is 30.4. The van der Waals surface area contributed by atoms with E-state index in [-0.39, 0.29) is 18.0 Å². The molecule has 3 heterocycles. The van der Waals surface area contributed by atoms with E-state index in [1.807, 2.05) is 24.3 Å². The first kappa shape index (κ1) is 13.6. The first-order chi connectivity index (χ1) is 10.7. The van der Waals surface area contributed by atoms with Gasteiger partial charge in [0.25, 0.3) is 5.91 Å². The highest BCUT2D eigenvalue weighted by molar-refractivity contribution is 6.08. The molecule has 1 aromatic carbocycles. The molecule has 1 N–H and O–H groups in total. The molecule has 0 aromatic heterocycles. The van der Waals surface area contributed by atoms with Crippen molar-refractivity contribution in [2.24, 2.45) is 0 Å². The van der Waals surface area contributed by atoms with Gasteiger partial charge in [0.1, 0.15) is 5.75 Å². The lowest BCUT2D eigenvalue weighted by Crippen LogP contribution is -2.47. The van der Waals surface area contributed by atoms with Crippen LogP contribution in [0, 0.1) is 0 Å². The third-order valence-electron chi connectivity index (χ3n) is 4.67. The number of amides is 3. The van der Waals surface area contributed by atoms with E-state index >= 15 is 0 Å². The van der Waals surface area contributed by atoms with E-state index in [9.17, 15) is 9.59 Å². The van der Waals surface area contributed by atoms with Gasteiger partial charge in [0, 0.05) is 18.6 Å². The minimum absolute atomic E-state index is 0.0417. The summed E-state index contributed by atoms with van der Waals surface area (Å²) in [7, 11) is 0. The fourth-order valence-corrected chi connectivity index (χ4v) is 3.53. The number of urea groups is 1. The minimum atomic E-state index is -0.982. The standard InChI is InChI=1S/C16H18N2O4/c19-14-16(7-9-22-13-6-2-1-5-12(13)16)17-15(20)18(14)10-11-4-3-8-21-11/h1-2,5-6,11H,3-4,7-10H2,(H,17,20)/t11-,16+/m1/s1. The van der Waals surface area contributed by atoms with E-state index in [1.54, 1.807) is 0 Å². The van der Waals surface area contributed by atoms with E-state index in [4.69, 9.17) is 9.47 Å². The predicted molar refractivity (Wildman–Crippen MR) is 77.5 cm³/mol. The Hall–Kier alpha value is -2.08. The number of rotatable bonds is 2. The second kappa shape index (κ2) is 4.98. The van der Waals surface area contributed by atoms with Crippen molar-refractivity contribution in [2.45, 2.75) is 30.9 Å². The van der Waals surface area contributed by atoms with E-state index in [0.717, 1.165) is 18.4 Å². The molecular formula is C16H18N2O4. The van der Waals surface area contributed by atoms with Crippen LogP contribution in [0.5, 0.6) is 5.75 Å². The Balaban J connectivity index is 1.66. The van der Waals surface area contributed by atoms with E-state index < -0.39 is 5.54 Å². The quantitative estimate of drug-likeness (QED) is 0.838. The summed E-state index contributed by atoms with van der Waals surface area (Å²) >= 11 is 0. The third-order valence-corrected chi connectivity index (χ3v) is 4.67. The number of carbonyl (C=O) groups is 2. The van der Waals surface area contributed by atoms with E-state index in [1.165, 1.54) is 4.90 Å². The molecule has 0 bridgehead atoms. The number of carbonyl (C=O) groups excluding carboxylic acids is 2. The van der Waals surface area contributed by atoms with Crippen LogP contribution in [0.15, 0.2) is 24.3 Å². The molecule has 0 radical (unpaired) electrons. The Bertz CT molecular complexity index is 626. The molecule has 6 heteroatoms. The Kier molecular flexibility index (Phi) is 3.07. The molecule has 6 nitrogen and oxygen atoms in total. The molecule has 0 saturated carbocycles. The number of fused-ring (bicyclic) bond motifs is 2. The largest absolute Gasteiger partial charge is 0.493 e. The summed E-state index contributed by atoms with van der Waals surface area (Å²) in [5, 5.41) is 2.90. The van der Waals surface area contributed by atoms with E-state index in [2.05, 4.69) is 5.32 Å². The van der Waals surface area contributed by atoms with Crippen LogP contribution in [0.3, 0.4) is 0 Å². The van der Waals surface area contributed by atoms with Crippen LogP contribution >= 0.6 is 0 Å². The fourth-order valence-electron chi connectivity index (χ4n) is 3.53. The molecular weight excluding hydrogens is 284 g/mol. The topological polar surface area (TPSA) is 67.9 Å². The Labute approximate surface area is 128 Å². The molecule has 4 rings (SSSR count). The lowest BCUT2D eigenvalue weighted by atomic mass is 9.84. The summed E-state index contributed by atoms with van der Waals surface area (Å²) < 4.78 is 11.2. The van der Waals surface area contributed by atoms with Gasteiger partial charge in [-0.25, -0.2) is 4.79 Å². The van der Waals surface area contributed by atoms with E-state index in [0.29, 0.717) is 31.9 Å². The molecule has 3 aliphatic rings. The minimum Gasteiger partial charge on any atom is -0.493 e. The van der Waals surface area contributed by atoms with Gasteiger partial charge in [0.2, 0.25) is 0 Å². The zero-order chi connectivity index (χ0) is 15.2. The summed E-state index contributed by atoms with van der Waals surface area (Å²) in [5.41, 5.74) is -0.237. The van der Waals surface area contributed by atoms with Crippen LogP contribution in [-0.4, -0.2) is 42.7 Å². The van der Waals surface area contributed by atoms with Crippen molar-refractivity contribution in [2.75, 3.05) is 19.8 Å².